The van der Waals surface area contributed by atoms with Gasteiger partial charge in [-0.25, -0.2) is 4.98 Å². The summed E-state index contributed by atoms with van der Waals surface area (Å²) in [6, 6.07) is 4.14. The van der Waals surface area contributed by atoms with Crippen LogP contribution in [0, 0.1) is 13.8 Å². The highest BCUT2D eigenvalue weighted by molar-refractivity contribution is 7.99. The molecule has 21 heavy (non-hydrogen) atoms. The Bertz CT molecular complexity index is 501. The van der Waals surface area contributed by atoms with Crippen LogP contribution in [-0.4, -0.2) is 33.4 Å². The van der Waals surface area contributed by atoms with Crippen LogP contribution in [0.1, 0.15) is 43.9 Å². The quantitative estimate of drug-likeness (QED) is 0.845. The van der Waals surface area contributed by atoms with Gasteiger partial charge in [-0.3, -0.25) is 4.79 Å². The summed E-state index contributed by atoms with van der Waals surface area (Å²) in [5.41, 5.74) is 1.48. The molecular weight excluding hydrogens is 284 g/mol. The van der Waals surface area contributed by atoms with Crippen LogP contribution in [0.25, 0.3) is 0 Å². The minimum Gasteiger partial charge on any atom is -0.480 e. The van der Waals surface area contributed by atoms with Gasteiger partial charge in [-0.05, 0) is 63.8 Å². The second-order valence-electron chi connectivity index (χ2n) is 5.92. The number of carboxylic acids is 1. The van der Waals surface area contributed by atoms with E-state index in [1.165, 1.54) is 5.56 Å². The van der Waals surface area contributed by atoms with E-state index < -0.39 is 11.5 Å². The van der Waals surface area contributed by atoms with Gasteiger partial charge < -0.3 is 10.4 Å². The monoisotopic (exact) mass is 308 g/mol. The molecule has 0 bridgehead atoms. The third-order valence-electron chi connectivity index (χ3n) is 3.95. The molecule has 0 saturated heterocycles. The lowest BCUT2D eigenvalue weighted by molar-refractivity contribution is -0.144. The minimum absolute atomic E-state index is 0.319. The first kappa shape index (κ1) is 16.3. The summed E-state index contributed by atoms with van der Waals surface area (Å²) in [6.07, 6.45) is 3.24. The molecule has 5 heteroatoms. The van der Waals surface area contributed by atoms with Crippen molar-refractivity contribution in [2.75, 3.05) is 6.54 Å². The molecule has 4 nitrogen and oxygen atoms in total. The maximum absolute atomic E-state index is 11.6. The van der Waals surface area contributed by atoms with E-state index in [1.807, 2.05) is 6.92 Å². The van der Waals surface area contributed by atoms with Crippen molar-refractivity contribution in [2.24, 2.45) is 0 Å². The molecule has 1 aromatic rings. The number of aryl methyl sites for hydroxylation is 2. The Morgan fingerprint density at radius 3 is 2.90 bits per heavy atom. The summed E-state index contributed by atoms with van der Waals surface area (Å²) >= 11 is 1.72. The van der Waals surface area contributed by atoms with Crippen LogP contribution in [-0.2, 0) is 4.79 Å². The van der Waals surface area contributed by atoms with Gasteiger partial charge in [0.25, 0.3) is 0 Å². The topological polar surface area (TPSA) is 62.2 Å². The van der Waals surface area contributed by atoms with Crippen molar-refractivity contribution in [3.63, 3.8) is 0 Å². The number of hydrogen-bond donors (Lipinski definition) is 2. The zero-order chi connectivity index (χ0) is 15.5. The lowest BCUT2D eigenvalue weighted by Gasteiger charge is -2.25. The molecule has 2 rings (SSSR count). The number of carboxylic acid groups (broad SMARTS) is 1. The maximum Gasteiger partial charge on any atom is 0.323 e. The molecule has 1 aliphatic rings. The highest BCUT2D eigenvalue weighted by Gasteiger charge is 2.45. The number of rotatable bonds is 6. The summed E-state index contributed by atoms with van der Waals surface area (Å²) in [5, 5.41) is 14.2. The molecule has 2 unspecified atom stereocenters. The SMILES string of the molecule is CCCNC1(C(=O)O)CCC(Sc2cc(C)cc(C)n2)C1. The number of aliphatic carboxylic acids is 1. The van der Waals surface area contributed by atoms with Crippen molar-refractivity contribution in [1.29, 1.82) is 0 Å². The van der Waals surface area contributed by atoms with Gasteiger partial charge in [0.15, 0.2) is 0 Å². The largest absolute Gasteiger partial charge is 0.480 e. The smallest absolute Gasteiger partial charge is 0.323 e. The molecule has 2 atom stereocenters. The Hall–Kier alpha value is -1.07. The van der Waals surface area contributed by atoms with E-state index in [-0.39, 0.29) is 0 Å². The van der Waals surface area contributed by atoms with Gasteiger partial charge in [0.05, 0.1) is 5.03 Å². The van der Waals surface area contributed by atoms with Crippen LogP contribution in [0.15, 0.2) is 17.2 Å². The zero-order valence-corrected chi connectivity index (χ0v) is 13.8. The lowest BCUT2D eigenvalue weighted by Crippen LogP contribution is -2.50. The van der Waals surface area contributed by atoms with E-state index in [0.29, 0.717) is 18.1 Å². The number of nitrogens with one attached hydrogen (secondary N) is 1. The Morgan fingerprint density at radius 2 is 2.29 bits per heavy atom. The molecule has 1 aromatic heterocycles. The van der Waals surface area contributed by atoms with Crippen LogP contribution in [0.5, 0.6) is 0 Å². The van der Waals surface area contributed by atoms with E-state index in [1.54, 1.807) is 11.8 Å². The molecule has 2 N–H and O–H groups in total. The summed E-state index contributed by atoms with van der Waals surface area (Å²) < 4.78 is 0. The Kier molecular flexibility index (Phi) is 5.27. The number of carbonyl (C=O) groups is 1. The molecule has 1 fully saturated rings. The third kappa shape index (κ3) is 3.98. The number of hydrogen-bond acceptors (Lipinski definition) is 4. The van der Waals surface area contributed by atoms with Gasteiger partial charge >= 0.3 is 5.97 Å². The maximum atomic E-state index is 11.6. The van der Waals surface area contributed by atoms with Gasteiger partial charge in [0.1, 0.15) is 5.54 Å². The van der Waals surface area contributed by atoms with Crippen LogP contribution in [0.4, 0.5) is 0 Å². The van der Waals surface area contributed by atoms with Crippen molar-refractivity contribution in [3.05, 3.63) is 23.4 Å². The summed E-state index contributed by atoms with van der Waals surface area (Å²) in [6.45, 7) is 6.88. The van der Waals surface area contributed by atoms with Crippen LogP contribution in [0.3, 0.4) is 0 Å². The van der Waals surface area contributed by atoms with Gasteiger partial charge in [-0.15, -0.1) is 11.8 Å². The van der Waals surface area contributed by atoms with E-state index >= 15 is 0 Å². The van der Waals surface area contributed by atoms with Crippen LogP contribution < -0.4 is 5.32 Å². The average molecular weight is 308 g/mol. The highest BCUT2D eigenvalue weighted by Crippen LogP contribution is 2.40. The molecule has 1 heterocycles. The van der Waals surface area contributed by atoms with Crippen LogP contribution in [0.2, 0.25) is 0 Å². The fraction of sp³-hybridized carbons (Fsp3) is 0.625. The van der Waals surface area contributed by atoms with Crippen LogP contribution >= 0.6 is 11.8 Å². The van der Waals surface area contributed by atoms with Gasteiger partial charge in [0.2, 0.25) is 0 Å². The molecule has 0 spiro atoms. The van der Waals surface area contributed by atoms with Gasteiger partial charge in [0, 0.05) is 10.9 Å². The van der Waals surface area contributed by atoms with Crippen molar-refractivity contribution in [2.45, 2.75) is 62.3 Å². The Labute approximate surface area is 130 Å². The second-order valence-corrected chi connectivity index (χ2v) is 7.24. The first-order chi connectivity index (χ1) is 9.95. The van der Waals surface area contributed by atoms with E-state index in [9.17, 15) is 9.90 Å². The predicted octanol–water partition coefficient (Wildman–Crippen LogP) is 3.17. The van der Waals surface area contributed by atoms with Gasteiger partial charge in [-0.2, -0.15) is 0 Å². The third-order valence-corrected chi connectivity index (χ3v) is 5.14. The molecule has 0 radical (unpaired) electrons. The van der Waals surface area contributed by atoms with Crippen molar-refractivity contribution < 1.29 is 9.90 Å². The van der Waals surface area contributed by atoms with Crippen molar-refractivity contribution in [3.8, 4) is 0 Å². The highest BCUT2D eigenvalue weighted by atomic mass is 32.2. The van der Waals surface area contributed by atoms with E-state index in [0.717, 1.165) is 30.1 Å². The summed E-state index contributed by atoms with van der Waals surface area (Å²) in [4.78, 5) is 16.2. The average Bonchev–Trinajstić information content (AvgIpc) is 2.80. The first-order valence-corrected chi connectivity index (χ1v) is 8.43. The van der Waals surface area contributed by atoms with E-state index in [4.69, 9.17) is 0 Å². The first-order valence-electron chi connectivity index (χ1n) is 7.55. The summed E-state index contributed by atoms with van der Waals surface area (Å²) in [7, 11) is 0. The Balaban J connectivity index is 2.05. The molecule has 0 aliphatic heterocycles. The number of nitrogens with zero attached hydrogens (tertiary/aromatic N) is 1. The molecule has 0 amide bonds. The molecule has 1 saturated carbocycles. The fourth-order valence-corrected chi connectivity index (χ4v) is 4.33. The number of aromatic nitrogens is 1. The lowest BCUT2D eigenvalue weighted by atomic mass is 9.98. The summed E-state index contributed by atoms with van der Waals surface area (Å²) in [5.74, 6) is -0.715. The Morgan fingerprint density at radius 1 is 1.52 bits per heavy atom. The van der Waals surface area contributed by atoms with Crippen molar-refractivity contribution in [1.82, 2.24) is 10.3 Å². The fourth-order valence-electron chi connectivity index (χ4n) is 2.93. The van der Waals surface area contributed by atoms with Crippen molar-refractivity contribution >= 4 is 17.7 Å². The zero-order valence-electron chi connectivity index (χ0n) is 13.0. The van der Waals surface area contributed by atoms with Gasteiger partial charge in [-0.1, -0.05) is 6.92 Å². The number of pyridine rings is 1. The minimum atomic E-state index is -0.744. The standard InChI is InChI=1S/C16H24N2O2S/c1-4-7-17-16(15(19)20)6-5-13(10-16)21-14-9-11(2)8-12(3)18-14/h8-9,13,17H,4-7,10H2,1-3H3,(H,19,20). The number of thioether (sulfide) groups is 1. The molecular formula is C16H24N2O2S. The second kappa shape index (κ2) is 6.79. The molecule has 0 aromatic carbocycles. The van der Waals surface area contributed by atoms with E-state index in [2.05, 4.69) is 36.3 Å². The molecule has 1 aliphatic carbocycles. The molecule has 116 valence electrons. The predicted molar refractivity (Wildman–Crippen MR) is 85.9 cm³/mol. The normalized spacial score (nSPS) is 25.2.